The number of thioether (sulfide) groups is 1. The van der Waals surface area contributed by atoms with E-state index in [9.17, 15) is 0 Å². The molecule has 1 N–H and O–H groups in total. The summed E-state index contributed by atoms with van der Waals surface area (Å²) in [6.45, 7) is 7.60. The number of nitrogens with zero attached hydrogens (tertiary/aromatic N) is 2. The maximum atomic E-state index is 4.27. The molecule has 0 amide bonds. The molecule has 1 aromatic rings. The number of hydrogen-bond donors (Lipinski definition) is 1. The van der Waals surface area contributed by atoms with Gasteiger partial charge >= 0.3 is 0 Å². The standard InChI is InChI=1S/C11H19N3S/c1-4-10(13-5-2)9(3)15-11-8-12-6-7-14-11/h6-10,13H,4-5H2,1-3H3. The highest BCUT2D eigenvalue weighted by Gasteiger charge is 2.15. The minimum Gasteiger partial charge on any atom is -0.313 e. The molecule has 4 heteroatoms. The lowest BCUT2D eigenvalue weighted by atomic mass is 10.2. The van der Waals surface area contributed by atoms with Gasteiger partial charge in [-0.05, 0) is 13.0 Å². The van der Waals surface area contributed by atoms with Crippen LogP contribution < -0.4 is 5.32 Å². The summed E-state index contributed by atoms with van der Waals surface area (Å²) in [6.07, 6.45) is 6.40. The van der Waals surface area contributed by atoms with Crippen molar-refractivity contribution in [2.75, 3.05) is 6.54 Å². The van der Waals surface area contributed by atoms with Crippen LogP contribution in [0.5, 0.6) is 0 Å². The van der Waals surface area contributed by atoms with E-state index in [1.807, 2.05) is 6.20 Å². The Morgan fingerprint density at radius 1 is 1.40 bits per heavy atom. The smallest absolute Gasteiger partial charge is 0.115 e. The first-order valence-electron chi connectivity index (χ1n) is 5.44. The largest absolute Gasteiger partial charge is 0.313 e. The Hall–Kier alpha value is -0.610. The van der Waals surface area contributed by atoms with Crippen LogP contribution in [-0.4, -0.2) is 27.8 Å². The minimum absolute atomic E-state index is 0.520. The van der Waals surface area contributed by atoms with Gasteiger partial charge in [0.1, 0.15) is 5.03 Å². The quantitative estimate of drug-likeness (QED) is 0.754. The van der Waals surface area contributed by atoms with Crippen molar-refractivity contribution in [1.29, 1.82) is 0 Å². The van der Waals surface area contributed by atoms with E-state index in [4.69, 9.17) is 0 Å². The molecule has 2 unspecified atom stereocenters. The van der Waals surface area contributed by atoms with Gasteiger partial charge in [0.25, 0.3) is 0 Å². The van der Waals surface area contributed by atoms with Gasteiger partial charge in [0, 0.05) is 23.7 Å². The molecule has 3 nitrogen and oxygen atoms in total. The predicted octanol–water partition coefficient (Wildman–Crippen LogP) is 2.35. The maximum absolute atomic E-state index is 4.27. The van der Waals surface area contributed by atoms with Gasteiger partial charge in [-0.1, -0.05) is 20.8 Å². The van der Waals surface area contributed by atoms with Crippen LogP contribution in [0.25, 0.3) is 0 Å². The van der Waals surface area contributed by atoms with Crippen molar-refractivity contribution < 1.29 is 0 Å². The summed E-state index contributed by atoms with van der Waals surface area (Å²) >= 11 is 1.78. The molecule has 0 aliphatic heterocycles. The molecule has 0 saturated heterocycles. The van der Waals surface area contributed by atoms with E-state index in [0.29, 0.717) is 11.3 Å². The lowest BCUT2D eigenvalue weighted by Crippen LogP contribution is -2.35. The van der Waals surface area contributed by atoms with Crippen molar-refractivity contribution in [1.82, 2.24) is 15.3 Å². The summed E-state index contributed by atoms with van der Waals surface area (Å²) < 4.78 is 0. The van der Waals surface area contributed by atoms with Gasteiger partial charge in [0.2, 0.25) is 0 Å². The van der Waals surface area contributed by atoms with Gasteiger partial charge in [-0.2, -0.15) is 0 Å². The second-order valence-corrected chi connectivity index (χ2v) is 4.84. The molecule has 0 aromatic carbocycles. The summed E-state index contributed by atoms with van der Waals surface area (Å²) in [5.74, 6) is 0. The number of nitrogens with one attached hydrogen (secondary N) is 1. The molecule has 84 valence electrons. The summed E-state index contributed by atoms with van der Waals surface area (Å²) in [6, 6.07) is 0.544. The van der Waals surface area contributed by atoms with E-state index < -0.39 is 0 Å². The third kappa shape index (κ3) is 4.18. The van der Waals surface area contributed by atoms with Crippen molar-refractivity contribution in [3.05, 3.63) is 18.6 Å². The second-order valence-electron chi connectivity index (χ2n) is 3.44. The Bertz CT molecular complexity index is 266. The molecule has 1 rings (SSSR count). The minimum atomic E-state index is 0.520. The van der Waals surface area contributed by atoms with E-state index in [-0.39, 0.29) is 0 Å². The van der Waals surface area contributed by atoms with E-state index in [2.05, 4.69) is 36.1 Å². The van der Waals surface area contributed by atoms with Gasteiger partial charge < -0.3 is 5.32 Å². The monoisotopic (exact) mass is 225 g/mol. The predicted molar refractivity (Wildman–Crippen MR) is 65.1 cm³/mol. The molecule has 0 bridgehead atoms. The summed E-state index contributed by atoms with van der Waals surface area (Å²) in [5.41, 5.74) is 0. The van der Waals surface area contributed by atoms with Crippen LogP contribution in [0.1, 0.15) is 27.2 Å². The first-order valence-corrected chi connectivity index (χ1v) is 6.32. The Labute approximate surface area is 96.1 Å². The van der Waals surface area contributed by atoms with Crippen molar-refractivity contribution >= 4 is 11.8 Å². The molecule has 0 fully saturated rings. The van der Waals surface area contributed by atoms with Gasteiger partial charge in [0.15, 0.2) is 0 Å². The zero-order valence-corrected chi connectivity index (χ0v) is 10.4. The number of rotatable bonds is 6. The second kappa shape index (κ2) is 6.80. The fourth-order valence-electron chi connectivity index (χ4n) is 1.52. The van der Waals surface area contributed by atoms with Gasteiger partial charge in [-0.25, -0.2) is 4.98 Å². The van der Waals surface area contributed by atoms with E-state index in [1.54, 1.807) is 24.2 Å². The molecule has 0 spiro atoms. The van der Waals surface area contributed by atoms with E-state index in [1.165, 1.54) is 0 Å². The SMILES string of the molecule is CCNC(CC)C(C)Sc1cnccn1. The molecule has 1 heterocycles. The van der Waals surface area contributed by atoms with Crippen LogP contribution in [0.15, 0.2) is 23.6 Å². The van der Waals surface area contributed by atoms with Gasteiger partial charge in [0.05, 0.1) is 6.20 Å². The van der Waals surface area contributed by atoms with Gasteiger partial charge in [-0.15, -0.1) is 11.8 Å². The van der Waals surface area contributed by atoms with Crippen molar-refractivity contribution in [2.45, 2.75) is 43.5 Å². The van der Waals surface area contributed by atoms with E-state index in [0.717, 1.165) is 18.0 Å². The van der Waals surface area contributed by atoms with Crippen molar-refractivity contribution in [3.63, 3.8) is 0 Å². The summed E-state index contributed by atoms with van der Waals surface area (Å²) in [5, 5.41) is 5.00. The number of hydrogen-bond acceptors (Lipinski definition) is 4. The molecule has 0 saturated carbocycles. The van der Waals surface area contributed by atoms with Crippen LogP contribution in [0.4, 0.5) is 0 Å². The Morgan fingerprint density at radius 3 is 2.73 bits per heavy atom. The normalized spacial score (nSPS) is 14.9. The molecular weight excluding hydrogens is 206 g/mol. The number of aromatic nitrogens is 2. The lowest BCUT2D eigenvalue weighted by Gasteiger charge is -2.22. The highest BCUT2D eigenvalue weighted by molar-refractivity contribution is 7.99. The zero-order valence-electron chi connectivity index (χ0n) is 9.60. The Kier molecular flexibility index (Phi) is 5.65. The fraction of sp³-hybridized carbons (Fsp3) is 0.636. The third-order valence-electron chi connectivity index (χ3n) is 2.32. The van der Waals surface area contributed by atoms with Crippen LogP contribution in [0, 0.1) is 0 Å². The summed E-state index contributed by atoms with van der Waals surface area (Å²) in [4.78, 5) is 8.33. The van der Waals surface area contributed by atoms with Crippen molar-refractivity contribution in [2.24, 2.45) is 0 Å². The highest BCUT2D eigenvalue weighted by Crippen LogP contribution is 2.23. The molecule has 2 atom stereocenters. The Morgan fingerprint density at radius 2 is 2.20 bits per heavy atom. The van der Waals surface area contributed by atoms with E-state index >= 15 is 0 Å². The zero-order chi connectivity index (χ0) is 11.1. The molecule has 0 radical (unpaired) electrons. The third-order valence-corrected chi connectivity index (χ3v) is 3.47. The topological polar surface area (TPSA) is 37.8 Å². The van der Waals surface area contributed by atoms with Crippen LogP contribution in [-0.2, 0) is 0 Å². The summed E-state index contributed by atoms with van der Waals surface area (Å²) in [7, 11) is 0. The van der Waals surface area contributed by atoms with Crippen molar-refractivity contribution in [3.8, 4) is 0 Å². The maximum Gasteiger partial charge on any atom is 0.115 e. The first-order chi connectivity index (χ1) is 7.27. The molecule has 15 heavy (non-hydrogen) atoms. The molecule has 1 aromatic heterocycles. The lowest BCUT2D eigenvalue weighted by molar-refractivity contribution is 0.509. The average molecular weight is 225 g/mol. The van der Waals surface area contributed by atoms with Crippen LogP contribution in [0.2, 0.25) is 0 Å². The molecule has 0 aliphatic rings. The van der Waals surface area contributed by atoms with Crippen LogP contribution in [0.3, 0.4) is 0 Å². The highest BCUT2D eigenvalue weighted by atomic mass is 32.2. The molecule has 0 aliphatic carbocycles. The fourth-order valence-corrected chi connectivity index (χ4v) is 2.60. The molecular formula is C11H19N3S. The van der Waals surface area contributed by atoms with Gasteiger partial charge in [-0.3, -0.25) is 4.98 Å². The Balaban J connectivity index is 2.50. The first kappa shape index (κ1) is 12.5. The van der Waals surface area contributed by atoms with Crippen LogP contribution >= 0.6 is 11.8 Å². The average Bonchev–Trinajstić information content (AvgIpc) is 2.27.